The predicted molar refractivity (Wildman–Crippen MR) is 75.3 cm³/mol. The molecule has 0 aromatic rings. The van der Waals surface area contributed by atoms with Crippen molar-refractivity contribution in [2.24, 2.45) is 17.6 Å². The molecule has 0 aromatic heterocycles. The van der Waals surface area contributed by atoms with E-state index < -0.39 is 0 Å². The highest BCUT2D eigenvalue weighted by atomic mass is 16.5. The number of carbonyl (C=O) groups is 1. The van der Waals surface area contributed by atoms with Crippen molar-refractivity contribution < 1.29 is 9.53 Å². The van der Waals surface area contributed by atoms with E-state index in [9.17, 15) is 4.79 Å². The zero-order valence-corrected chi connectivity index (χ0v) is 12.6. The summed E-state index contributed by atoms with van der Waals surface area (Å²) in [4.78, 5) is 14.1. The zero-order valence-electron chi connectivity index (χ0n) is 12.6. The lowest BCUT2D eigenvalue weighted by Gasteiger charge is -2.29. The number of rotatable bonds is 9. The molecule has 0 spiro atoms. The third-order valence-electron chi connectivity index (χ3n) is 3.20. The molecule has 4 nitrogen and oxygen atoms in total. The molecule has 0 saturated carbocycles. The van der Waals surface area contributed by atoms with Gasteiger partial charge in [0.1, 0.15) is 0 Å². The van der Waals surface area contributed by atoms with Crippen LogP contribution in [0.2, 0.25) is 0 Å². The van der Waals surface area contributed by atoms with Gasteiger partial charge in [-0.3, -0.25) is 4.79 Å². The number of nitrogens with two attached hydrogens (primary N) is 1. The highest BCUT2D eigenvalue weighted by Gasteiger charge is 2.21. The molecule has 0 aliphatic carbocycles. The number of nitrogens with zero attached hydrogens (tertiary/aromatic N) is 1. The Morgan fingerprint density at radius 2 is 1.94 bits per heavy atom. The van der Waals surface area contributed by atoms with Crippen molar-refractivity contribution >= 4 is 5.91 Å². The second kappa shape index (κ2) is 9.34. The van der Waals surface area contributed by atoms with Crippen molar-refractivity contribution in [1.82, 2.24) is 4.90 Å². The van der Waals surface area contributed by atoms with Crippen LogP contribution in [-0.4, -0.2) is 43.7 Å². The number of ether oxygens (including phenoxy) is 1. The van der Waals surface area contributed by atoms with Gasteiger partial charge in [0.2, 0.25) is 5.91 Å². The average molecular weight is 258 g/mol. The minimum absolute atomic E-state index is 0.130. The summed E-state index contributed by atoms with van der Waals surface area (Å²) >= 11 is 0. The molecular formula is C14H30N2O2. The number of carbonyl (C=O) groups excluding carboxylic acids is 1. The largest absolute Gasteiger partial charge is 0.383 e. The molecule has 0 aliphatic rings. The summed E-state index contributed by atoms with van der Waals surface area (Å²) in [6, 6.07) is 0.130. The zero-order chi connectivity index (χ0) is 14.1. The maximum atomic E-state index is 12.3. The molecule has 0 fully saturated rings. The van der Waals surface area contributed by atoms with E-state index in [1.165, 1.54) is 0 Å². The Bertz CT molecular complexity index is 232. The fourth-order valence-electron chi connectivity index (χ4n) is 2.36. The van der Waals surface area contributed by atoms with E-state index in [2.05, 4.69) is 13.8 Å². The van der Waals surface area contributed by atoms with Crippen LogP contribution in [0.15, 0.2) is 0 Å². The van der Waals surface area contributed by atoms with Gasteiger partial charge in [0, 0.05) is 20.1 Å². The molecule has 1 amide bonds. The molecule has 0 saturated heterocycles. The van der Waals surface area contributed by atoms with Crippen molar-refractivity contribution in [1.29, 1.82) is 0 Å². The first-order valence-electron chi connectivity index (χ1n) is 6.94. The molecule has 0 radical (unpaired) electrons. The van der Waals surface area contributed by atoms with Gasteiger partial charge in [-0.05, 0) is 38.6 Å². The van der Waals surface area contributed by atoms with Gasteiger partial charge in [-0.15, -0.1) is 0 Å². The van der Waals surface area contributed by atoms with Crippen LogP contribution in [0.4, 0.5) is 0 Å². The van der Waals surface area contributed by atoms with Gasteiger partial charge >= 0.3 is 0 Å². The van der Waals surface area contributed by atoms with Gasteiger partial charge < -0.3 is 15.4 Å². The number of methoxy groups -OCH3 is 1. The van der Waals surface area contributed by atoms with E-state index in [0.717, 1.165) is 13.0 Å². The van der Waals surface area contributed by atoms with Gasteiger partial charge in [0.25, 0.3) is 0 Å². The van der Waals surface area contributed by atoms with Crippen LogP contribution in [0.3, 0.4) is 0 Å². The summed E-state index contributed by atoms with van der Waals surface area (Å²) in [5.74, 6) is 1.07. The normalized spacial score (nSPS) is 14.6. The first-order valence-corrected chi connectivity index (χ1v) is 6.94. The molecule has 0 heterocycles. The Morgan fingerprint density at radius 3 is 2.33 bits per heavy atom. The number of hydrogen-bond donors (Lipinski definition) is 1. The molecule has 4 heteroatoms. The Kier molecular flexibility index (Phi) is 9.02. The van der Waals surface area contributed by atoms with Crippen LogP contribution in [-0.2, 0) is 9.53 Å². The average Bonchev–Trinajstić information content (AvgIpc) is 2.28. The van der Waals surface area contributed by atoms with Gasteiger partial charge in [-0.25, -0.2) is 0 Å². The lowest BCUT2D eigenvalue weighted by atomic mass is 9.93. The molecule has 2 unspecified atom stereocenters. The fraction of sp³-hybridized carbons (Fsp3) is 0.929. The van der Waals surface area contributed by atoms with Gasteiger partial charge in [-0.2, -0.15) is 0 Å². The maximum Gasteiger partial charge on any atom is 0.223 e. The predicted octanol–water partition coefficient (Wildman–Crippen LogP) is 1.88. The van der Waals surface area contributed by atoms with Crippen molar-refractivity contribution in [3.63, 3.8) is 0 Å². The molecule has 108 valence electrons. The minimum atomic E-state index is 0.130. The first-order chi connectivity index (χ1) is 8.46. The summed E-state index contributed by atoms with van der Waals surface area (Å²) in [7, 11) is 1.66. The SMILES string of the molecule is CCN(C(=O)CC(CN)CC(C)C)C(C)COC. The lowest BCUT2D eigenvalue weighted by Crippen LogP contribution is -2.42. The molecule has 2 N–H and O–H groups in total. The smallest absolute Gasteiger partial charge is 0.223 e. The van der Waals surface area contributed by atoms with E-state index in [1.807, 2.05) is 18.7 Å². The Morgan fingerprint density at radius 1 is 1.33 bits per heavy atom. The first kappa shape index (κ1) is 17.4. The van der Waals surface area contributed by atoms with Crippen LogP contribution in [0, 0.1) is 11.8 Å². The lowest BCUT2D eigenvalue weighted by molar-refractivity contribution is -0.135. The fourth-order valence-corrected chi connectivity index (χ4v) is 2.36. The molecular weight excluding hydrogens is 228 g/mol. The van der Waals surface area contributed by atoms with Crippen molar-refractivity contribution in [3.8, 4) is 0 Å². The molecule has 0 aliphatic heterocycles. The van der Waals surface area contributed by atoms with Crippen LogP contribution >= 0.6 is 0 Å². The Labute approximate surface area is 112 Å². The quantitative estimate of drug-likeness (QED) is 0.687. The third kappa shape index (κ3) is 6.36. The molecule has 2 atom stereocenters. The summed E-state index contributed by atoms with van der Waals surface area (Å²) in [6.45, 7) is 10.2. The Hall–Kier alpha value is -0.610. The number of hydrogen-bond acceptors (Lipinski definition) is 3. The van der Waals surface area contributed by atoms with Gasteiger partial charge in [0.05, 0.1) is 12.6 Å². The van der Waals surface area contributed by atoms with Gasteiger partial charge in [0.15, 0.2) is 0 Å². The summed E-state index contributed by atoms with van der Waals surface area (Å²) in [6.07, 6.45) is 1.56. The van der Waals surface area contributed by atoms with Crippen LogP contribution in [0.1, 0.15) is 40.5 Å². The molecule has 0 rings (SSSR count). The highest BCUT2D eigenvalue weighted by molar-refractivity contribution is 5.76. The van der Waals surface area contributed by atoms with Gasteiger partial charge in [-0.1, -0.05) is 13.8 Å². The van der Waals surface area contributed by atoms with Crippen LogP contribution < -0.4 is 5.73 Å². The maximum absolute atomic E-state index is 12.3. The highest BCUT2D eigenvalue weighted by Crippen LogP contribution is 2.16. The standard InChI is InChI=1S/C14H30N2O2/c1-6-16(12(4)10-18-5)14(17)8-13(9-15)7-11(2)3/h11-13H,6-10,15H2,1-5H3. The Balaban J connectivity index is 4.40. The van der Waals surface area contributed by atoms with Crippen LogP contribution in [0.5, 0.6) is 0 Å². The molecule has 0 aromatic carbocycles. The van der Waals surface area contributed by atoms with E-state index >= 15 is 0 Å². The van der Waals surface area contributed by atoms with Crippen molar-refractivity contribution in [2.45, 2.75) is 46.6 Å². The number of amides is 1. The van der Waals surface area contributed by atoms with Crippen LogP contribution in [0.25, 0.3) is 0 Å². The van der Waals surface area contributed by atoms with Crippen molar-refractivity contribution in [2.75, 3.05) is 26.8 Å². The minimum Gasteiger partial charge on any atom is -0.383 e. The molecule has 0 bridgehead atoms. The second-order valence-electron chi connectivity index (χ2n) is 5.42. The topological polar surface area (TPSA) is 55.6 Å². The second-order valence-corrected chi connectivity index (χ2v) is 5.42. The van der Waals surface area contributed by atoms with E-state index in [4.69, 9.17) is 10.5 Å². The number of likely N-dealkylation sites (N-methyl/N-ethyl adjacent to an activating group) is 1. The third-order valence-corrected chi connectivity index (χ3v) is 3.20. The summed E-state index contributed by atoms with van der Waals surface area (Å²) in [5, 5.41) is 0. The van der Waals surface area contributed by atoms with E-state index in [1.54, 1.807) is 7.11 Å². The molecule has 18 heavy (non-hydrogen) atoms. The van der Waals surface area contributed by atoms with Crippen molar-refractivity contribution in [3.05, 3.63) is 0 Å². The monoisotopic (exact) mass is 258 g/mol. The van der Waals surface area contributed by atoms with E-state index in [0.29, 0.717) is 31.4 Å². The van der Waals surface area contributed by atoms with E-state index in [-0.39, 0.29) is 11.9 Å². The summed E-state index contributed by atoms with van der Waals surface area (Å²) < 4.78 is 5.11. The summed E-state index contributed by atoms with van der Waals surface area (Å²) in [5.41, 5.74) is 5.75.